The number of amides is 2. The minimum absolute atomic E-state index is 0.00152. The van der Waals surface area contributed by atoms with Crippen LogP contribution in [0, 0.1) is 11.8 Å². The average molecular weight is 367 g/mol. The van der Waals surface area contributed by atoms with E-state index in [2.05, 4.69) is 34.1 Å². The van der Waals surface area contributed by atoms with E-state index in [1.54, 1.807) is 0 Å². The van der Waals surface area contributed by atoms with Crippen LogP contribution in [0.25, 0.3) is 0 Å². The second-order valence-corrected chi connectivity index (χ2v) is 8.13. The first-order chi connectivity index (χ1) is 13.1. The number of fused-ring (bicyclic) bond motifs is 1. The maximum Gasteiger partial charge on any atom is 0.234 e. The van der Waals surface area contributed by atoms with Gasteiger partial charge in [0.15, 0.2) is 0 Å². The summed E-state index contributed by atoms with van der Waals surface area (Å²) in [6.07, 6.45) is 9.36. The van der Waals surface area contributed by atoms with E-state index >= 15 is 0 Å². The molecule has 0 bridgehead atoms. The minimum atomic E-state index is -0.139. The molecule has 0 N–H and O–H groups in total. The minimum Gasteiger partial charge on any atom is -0.372 e. The van der Waals surface area contributed by atoms with E-state index in [0.717, 1.165) is 19.6 Å². The van der Waals surface area contributed by atoms with Crippen molar-refractivity contribution in [3.63, 3.8) is 0 Å². The van der Waals surface area contributed by atoms with E-state index in [1.165, 1.54) is 35.4 Å². The van der Waals surface area contributed by atoms with Crippen LogP contribution < -0.4 is 4.90 Å². The number of benzene rings is 1. The van der Waals surface area contributed by atoms with E-state index in [4.69, 9.17) is 0 Å². The third kappa shape index (κ3) is 3.79. The third-order valence-electron chi connectivity index (χ3n) is 6.09. The molecule has 2 unspecified atom stereocenters. The standard InChI is InChI=1S/C22H29N3O2/c1-23(16-25-21(26)19-7-3-4-8-20(19)22(25)27)15-17-9-11-18(12-10-17)24-13-5-2-6-14-24/h3-4,9-12,19-20H,2,5-8,13-16H2,1H3. The predicted molar refractivity (Wildman–Crippen MR) is 106 cm³/mol. The van der Waals surface area contributed by atoms with Crippen LogP contribution in [0.1, 0.15) is 37.7 Å². The van der Waals surface area contributed by atoms with Gasteiger partial charge in [0.1, 0.15) is 0 Å². The fourth-order valence-electron chi connectivity index (χ4n) is 4.58. The monoisotopic (exact) mass is 367 g/mol. The fraction of sp³-hybridized carbons (Fsp3) is 0.545. The molecule has 0 spiro atoms. The van der Waals surface area contributed by atoms with Crippen LogP contribution in [0.15, 0.2) is 36.4 Å². The SMILES string of the molecule is CN(Cc1ccc(N2CCCCC2)cc1)CN1C(=O)C2CC=CCC2C1=O. The summed E-state index contributed by atoms with van der Waals surface area (Å²) in [5.41, 5.74) is 2.50. The number of piperidine rings is 1. The molecule has 144 valence electrons. The van der Waals surface area contributed by atoms with Crippen molar-refractivity contribution in [2.24, 2.45) is 11.8 Å². The summed E-state index contributed by atoms with van der Waals surface area (Å²) in [5, 5.41) is 0. The van der Waals surface area contributed by atoms with Crippen molar-refractivity contribution >= 4 is 17.5 Å². The molecule has 2 saturated heterocycles. The Labute approximate surface area is 161 Å². The first-order valence-electron chi connectivity index (χ1n) is 10.2. The Hall–Kier alpha value is -2.14. The first-order valence-corrected chi connectivity index (χ1v) is 10.2. The molecule has 2 aliphatic heterocycles. The summed E-state index contributed by atoms with van der Waals surface area (Å²) in [7, 11) is 1.97. The maximum absolute atomic E-state index is 12.6. The van der Waals surface area contributed by atoms with Gasteiger partial charge in [-0.1, -0.05) is 24.3 Å². The van der Waals surface area contributed by atoms with Crippen LogP contribution >= 0.6 is 0 Å². The molecular formula is C22H29N3O2. The topological polar surface area (TPSA) is 43.9 Å². The lowest BCUT2D eigenvalue weighted by atomic mass is 9.85. The number of carbonyl (C=O) groups is 2. The van der Waals surface area contributed by atoms with Gasteiger partial charge in [-0.3, -0.25) is 19.4 Å². The lowest BCUT2D eigenvalue weighted by Gasteiger charge is -2.29. The highest BCUT2D eigenvalue weighted by molar-refractivity contribution is 6.05. The van der Waals surface area contributed by atoms with E-state index in [-0.39, 0.29) is 23.7 Å². The van der Waals surface area contributed by atoms with Crippen molar-refractivity contribution in [3.8, 4) is 0 Å². The number of nitrogens with zero attached hydrogens (tertiary/aromatic N) is 3. The summed E-state index contributed by atoms with van der Waals surface area (Å²) in [5.74, 6) is -0.275. The second kappa shape index (κ2) is 7.85. The Balaban J connectivity index is 1.34. The molecule has 2 heterocycles. The summed E-state index contributed by atoms with van der Waals surface area (Å²) in [4.78, 5) is 31.2. The Morgan fingerprint density at radius 1 is 0.926 bits per heavy atom. The Morgan fingerprint density at radius 3 is 2.11 bits per heavy atom. The van der Waals surface area contributed by atoms with Crippen molar-refractivity contribution in [2.45, 2.75) is 38.6 Å². The van der Waals surface area contributed by atoms with Crippen LogP contribution in [0.4, 0.5) is 5.69 Å². The number of rotatable bonds is 5. The molecule has 1 aromatic carbocycles. The first kappa shape index (κ1) is 18.2. The summed E-state index contributed by atoms with van der Waals surface area (Å²) < 4.78 is 0. The largest absolute Gasteiger partial charge is 0.372 e. The smallest absolute Gasteiger partial charge is 0.234 e. The van der Waals surface area contributed by atoms with Crippen LogP contribution in [-0.4, -0.2) is 48.4 Å². The van der Waals surface area contributed by atoms with Crippen molar-refractivity contribution in [2.75, 3.05) is 31.7 Å². The summed E-state index contributed by atoms with van der Waals surface area (Å²) in [6.45, 7) is 3.40. The van der Waals surface area contributed by atoms with Gasteiger partial charge in [0, 0.05) is 25.3 Å². The molecule has 0 radical (unpaired) electrons. The van der Waals surface area contributed by atoms with E-state index in [0.29, 0.717) is 19.5 Å². The molecule has 5 nitrogen and oxygen atoms in total. The van der Waals surface area contributed by atoms with E-state index in [1.807, 2.05) is 19.2 Å². The number of likely N-dealkylation sites (tertiary alicyclic amines) is 1. The number of imide groups is 1. The second-order valence-electron chi connectivity index (χ2n) is 8.13. The Bertz CT molecular complexity index is 696. The number of carbonyl (C=O) groups excluding carboxylic acids is 2. The maximum atomic E-state index is 12.6. The number of allylic oxidation sites excluding steroid dienone is 2. The summed E-state index contributed by atoms with van der Waals surface area (Å²) >= 11 is 0. The van der Waals surface area contributed by atoms with Crippen molar-refractivity contribution < 1.29 is 9.59 Å². The molecule has 2 amide bonds. The van der Waals surface area contributed by atoms with Gasteiger partial charge >= 0.3 is 0 Å². The number of anilines is 1. The normalized spacial score (nSPS) is 25.4. The van der Waals surface area contributed by atoms with Gasteiger partial charge in [-0.05, 0) is 56.8 Å². The van der Waals surface area contributed by atoms with Crippen molar-refractivity contribution in [1.82, 2.24) is 9.80 Å². The third-order valence-corrected chi connectivity index (χ3v) is 6.09. The fourth-order valence-corrected chi connectivity index (χ4v) is 4.58. The zero-order valence-electron chi connectivity index (χ0n) is 16.1. The average Bonchev–Trinajstić information content (AvgIpc) is 2.94. The van der Waals surface area contributed by atoms with Crippen molar-refractivity contribution in [3.05, 3.63) is 42.0 Å². The predicted octanol–water partition coefficient (Wildman–Crippen LogP) is 3.02. The highest BCUT2D eigenvalue weighted by Gasteiger charge is 2.47. The van der Waals surface area contributed by atoms with Gasteiger partial charge in [-0.25, -0.2) is 0 Å². The highest BCUT2D eigenvalue weighted by atomic mass is 16.2. The zero-order valence-corrected chi connectivity index (χ0v) is 16.1. The molecule has 0 saturated carbocycles. The Morgan fingerprint density at radius 2 is 1.52 bits per heavy atom. The highest BCUT2D eigenvalue weighted by Crippen LogP contribution is 2.35. The lowest BCUT2D eigenvalue weighted by molar-refractivity contribution is -0.142. The van der Waals surface area contributed by atoms with Gasteiger partial charge in [0.05, 0.1) is 18.5 Å². The van der Waals surface area contributed by atoms with Gasteiger partial charge in [0.2, 0.25) is 11.8 Å². The molecule has 4 rings (SSSR count). The molecule has 27 heavy (non-hydrogen) atoms. The van der Waals surface area contributed by atoms with Crippen molar-refractivity contribution in [1.29, 1.82) is 0 Å². The summed E-state index contributed by atoms with van der Waals surface area (Å²) in [6, 6.07) is 8.72. The van der Waals surface area contributed by atoms with Gasteiger partial charge in [0.25, 0.3) is 0 Å². The quantitative estimate of drug-likeness (QED) is 0.593. The van der Waals surface area contributed by atoms with E-state index < -0.39 is 0 Å². The number of hydrogen-bond acceptors (Lipinski definition) is 4. The van der Waals surface area contributed by atoms with Gasteiger partial charge in [-0.15, -0.1) is 0 Å². The van der Waals surface area contributed by atoms with Crippen LogP contribution in [0.3, 0.4) is 0 Å². The molecule has 1 aromatic rings. The number of hydrogen-bond donors (Lipinski definition) is 0. The van der Waals surface area contributed by atoms with Gasteiger partial charge < -0.3 is 4.90 Å². The molecule has 0 aromatic heterocycles. The molecule has 5 heteroatoms. The lowest BCUT2D eigenvalue weighted by Crippen LogP contribution is -2.40. The molecule has 3 aliphatic rings. The van der Waals surface area contributed by atoms with Crippen LogP contribution in [0.5, 0.6) is 0 Å². The van der Waals surface area contributed by atoms with Crippen LogP contribution in [0.2, 0.25) is 0 Å². The zero-order chi connectivity index (χ0) is 18.8. The molecule has 2 atom stereocenters. The van der Waals surface area contributed by atoms with Gasteiger partial charge in [-0.2, -0.15) is 0 Å². The molecule has 1 aliphatic carbocycles. The van der Waals surface area contributed by atoms with Crippen LogP contribution in [-0.2, 0) is 16.1 Å². The molecular weight excluding hydrogens is 338 g/mol. The molecule has 2 fully saturated rings. The Kier molecular flexibility index (Phi) is 5.30. The van der Waals surface area contributed by atoms with E-state index in [9.17, 15) is 9.59 Å².